The van der Waals surface area contributed by atoms with Gasteiger partial charge in [0, 0.05) is 37.8 Å². The van der Waals surface area contributed by atoms with Crippen LogP contribution in [0, 0.1) is 56.3 Å². The molecule has 4 aliphatic heterocycles. The Morgan fingerprint density at radius 2 is 0.593 bits per heavy atom. The Morgan fingerprint density at radius 1 is 0.305 bits per heavy atom. The summed E-state index contributed by atoms with van der Waals surface area (Å²) in [7, 11) is 3.35. The van der Waals surface area contributed by atoms with Gasteiger partial charge >= 0.3 is 49.4 Å². The second kappa shape index (κ2) is 26.7. The van der Waals surface area contributed by atoms with Crippen LogP contribution in [0.3, 0.4) is 0 Å². The number of anilines is 2. The Bertz CT molecular complexity index is 5800. The summed E-state index contributed by atoms with van der Waals surface area (Å²) in [6, 6.07) is 8.96. The molecule has 0 spiro atoms. The first-order valence-electron chi connectivity index (χ1n) is 33.4. The molecule has 21 nitrogen and oxygen atoms in total. The molecule has 8 amide bonds. The van der Waals surface area contributed by atoms with Crippen LogP contribution in [0.1, 0.15) is 92.4 Å². The average molecular weight is 1700 g/mol. The van der Waals surface area contributed by atoms with E-state index < -0.39 is 255 Å². The molecule has 6 aliphatic rings. The number of benzene rings is 6. The van der Waals surface area contributed by atoms with Crippen molar-refractivity contribution in [2.75, 3.05) is 23.9 Å². The van der Waals surface area contributed by atoms with Gasteiger partial charge in [-0.3, -0.25) is 71.9 Å². The van der Waals surface area contributed by atoms with Gasteiger partial charge < -0.3 is 15.3 Å². The number of hydrogen-bond acceptors (Lipinski definition) is 15. The van der Waals surface area contributed by atoms with Crippen molar-refractivity contribution in [3.63, 3.8) is 0 Å². The van der Waals surface area contributed by atoms with Gasteiger partial charge in [-0.1, -0.05) is 65.2 Å². The normalized spacial score (nSPS) is 20.2. The number of carbonyl (C=O) groups excluding carboxylic acids is 8. The van der Waals surface area contributed by atoms with E-state index in [4.69, 9.17) is 0 Å². The molecule has 45 heteroatoms. The van der Waals surface area contributed by atoms with Crippen molar-refractivity contribution < 1.29 is 159 Å². The Balaban J connectivity index is 0.000000167. The van der Waals surface area contributed by atoms with Gasteiger partial charge in [0.1, 0.15) is 0 Å². The molecule has 2 saturated heterocycles. The molecule has 6 aromatic carbocycles. The number of hydrogen-bond donors (Lipinski definition) is 3. The van der Waals surface area contributed by atoms with Gasteiger partial charge in [-0.05, 0) is 105 Å². The van der Waals surface area contributed by atoms with Gasteiger partial charge in [-0.15, -0.1) is 0 Å². The predicted octanol–water partition coefficient (Wildman–Crippen LogP) is 11.1. The summed E-state index contributed by atoms with van der Waals surface area (Å²) in [5, 5.41) is 28.6. The number of carbonyl (C=O) groups is 8. The van der Waals surface area contributed by atoms with E-state index in [0.717, 1.165) is 73.8 Å². The van der Waals surface area contributed by atoms with E-state index in [1.165, 1.54) is 14.0 Å². The molecule has 118 heavy (non-hydrogen) atoms. The third-order valence-corrected chi connectivity index (χ3v) is 22.0. The first-order chi connectivity index (χ1) is 53.8. The summed E-state index contributed by atoms with van der Waals surface area (Å²) < 4.78 is 337. The Kier molecular flexibility index (Phi) is 19.4. The van der Waals surface area contributed by atoms with Crippen LogP contribution in [0.25, 0.3) is 27.2 Å². The van der Waals surface area contributed by atoms with Crippen LogP contribution in [-0.4, -0.2) is 145 Å². The smallest absolute Gasteiger partial charge is 0.369 e. The lowest BCUT2D eigenvalue weighted by Crippen LogP contribution is -2.55. The highest BCUT2D eigenvalue weighted by Crippen LogP contribution is 2.66. The highest BCUT2D eigenvalue weighted by atomic mass is 19.4. The van der Waals surface area contributed by atoms with E-state index in [9.17, 15) is 178 Å². The molecule has 14 rings (SSSR count). The maximum absolute atomic E-state index is 14.9. The molecule has 2 aliphatic carbocycles. The first-order valence-corrected chi connectivity index (χ1v) is 33.4. The van der Waals surface area contributed by atoms with Crippen molar-refractivity contribution in [2.24, 2.45) is 42.6 Å². The van der Waals surface area contributed by atoms with Crippen molar-refractivity contribution in [2.45, 2.75) is 98.8 Å². The van der Waals surface area contributed by atoms with E-state index in [2.05, 4.69) is 0 Å². The molecule has 6 unspecified atom stereocenters. The van der Waals surface area contributed by atoms with Crippen LogP contribution in [0.2, 0.25) is 0 Å². The Hall–Kier alpha value is -11.6. The minimum atomic E-state index is -6.52. The van der Waals surface area contributed by atoms with E-state index >= 15 is 0 Å². The highest BCUT2D eigenvalue weighted by Gasteiger charge is 2.78. The van der Waals surface area contributed by atoms with Crippen LogP contribution in [0.15, 0.2) is 122 Å². The van der Waals surface area contributed by atoms with E-state index in [-0.39, 0.29) is 78.6 Å². The number of amides is 8. The zero-order chi connectivity index (χ0) is 88.6. The average Bonchev–Trinajstić information content (AvgIpc) is 1.51. The van der Waals surface area contributed by atoms with Gasteiger partial charge in [0.15, 0.2) is 0 Å². The fraction of sp³-hybridized carbons (Fsp3) is 0.342. The summed E-state index contributed by atoms with van der Waals surface area (Å²) in [6.07, 6.45) is -50.5. The minimum Gasteiger partial charge on any atom is -0.369 e. The molecule has 4 fully saturated rings. The Labute approximate surface area is 638 Å². The second-order valence-corrected chi connectivity index (χ2v) is 28.5. The number of nitrogens with zero attached hydrogens (tertiary/aromatic N) is 6. The maximum Gasteiger partial charge on any atom is 0.430 e. The van der Waals surface area contributed by atoms with Crippen molar-refractivity contribution in [1.29, 1.82) is 0 Å². The largest absolute Gasteiger partial charge is 0.430 e. The van der Waals surface area contributed by atoms with Crippen molar-refractivity contribution in [3.05, 3.63) is 211 Å². The summed E-state index contributed by atoms with van der Waals surface area (Å²) in [5.41, 5.74) is -42.7. The fourth-order valence-corrected chi connectivity index (χ4v) is 16.3. The number of alkyl halides is 24. The van der Waals surface area contributed by atoms with E-state index in [1.807, 2.05) is 0 Å². The highest BCUT2D eigenvalue weighted by molar-refractivity contribution is 6.35. The molecule has 0 radical (unpaired) electrons. The molecular formula is C73H46F24N6O15. The zero-order valence-electron chi connectivity index (χ0n) is 59.5. The van der Waals surface area contributed by atoms with Gasteiger partial charge in [-0.2, -0.15) is 105 Å². The monoisotopic (exact) mass is 1700 g/mol. The number of aliphatic hydroxyl groups is 3. The number of aryl methyl sites for hydroxylation is 3. The van der Waals surface area contributed by atoms with Gasteiger partial charge in [0.25, 0.3) is 62.7 Å². The first kappa shape index (κ1) is 85.7. The quantitative estimate of drug-likeness (QED) is 0.0941. The van der Waals surface area contributed by atoms with Crippen LogP contribution >= 0.6 is 0 Å². The van der Waals surface area contributed by atoms with Gasteiger partial charge in [-0.25, -0.2) is 14.4 Å². The number of likely N-dealkylation sites (tertiary alicyclic amines) is 1. The summed E-state index contributed by atoms with van der Waals surface area (Å²) in [5.74, 6) is -14.6. The molecule has 2 aromatic heterocycles. The summed E-state index contributed by atoms with van der Waals surface area (Å²) >= 11 is 0. The lowest BCUT2D eigenvalue weighted by Gasteiger charge is -2.38. The van der Waals surface area contributed by atoms with Gasteiger partial charge in [0.2, 0.25) is 29.0 Å². The molecule has 2 saturated carbocycles. The molecule has 626 valence electrons. The van der Waals surface area contributed by atoms with Crippen molar-refractivity contribution in [3.8, 4) is 5.69 Å². The van der Waals surface area contributed by atoms with Crippen LogP contribution in [0.5, 0.6) is 0 Å². The SMILES string of the molecule is Cc1ccc(-n2c(=O)c3cc4c(=O)n(C)c(=O)c4cc3c2=O)c(C(O)(C(F)(F)F)C(F)(F)F)c1.Cc1ccc(N2C(=O)C3C4CC(C5C(=O)N(C)C(=O)C45)C3C2=O)c(C(O)(C(F)(F)F)C(F)(F)F)c1.Cc1ccc(N2C(=O)c3ccc(C(c4ccc5c(c4)C(=O)N(C)C5=O)(C(F)(F)F)C(F)(F)F)cc3C2=O)c(C(O)(C(F)(F)F)C(F)(F)F)c1. The van der Waals surface area contributed by atoms with E-state index in [1.54, 1.807) is 0 Å². The van der Waals surface area contributed by atoms with Crippen LogP contribution in [-0.2, 0) is 48.4 Å². The fourth-order valence-electron chi connectivity index (χ4n) is 16.3. The predicted molar refractivity (Wildman–Crippen MR) is 351 cm³/mol. The standard InChI is InChI=1S/C30H16F12N2O5.C22H18F6N2O5.C21H12F6N2O5/c1-12-3-8-20(19(9-12)26(49,29(37,38)39)30(40,41)42)44-23(47)16-7-5-14(11-18(16)24(44)48)25(27(31,32)33,28(34,35)36)13-4-6-15-17(10-13)22(46)43(2)21(15)45;1-7-3-4-11(10(5-7)20(35,21(23,24)25)22(26,27)28)30-18(33)14-8-6-9(15(14)19(30)34)13-12(8)16(31)29(2)17(13)32;1-8-3-4-14(13(5-8)19(34,20(22,23)24)21(25,26)27)29-17(32)11-6-9-10(7-12(11)18(29)33)16(31)28(2)15(9)30/h3-11,49H,1-2H3;3-5,8-9,12-15,35H,6H2,1-2H3;3-7,34H,1-2H3. The van der Waals surface area contributed by atoms with Crippen LogP contribution in [0.4, 0.5) is 117 Å². The topological polar surface area (TPSA) is 288 Å². The van der Waals surface area contributed by atoms with E-state index in [0.29, 0.717) is 41.3 Å². The van der Waals surface area contributed by atoms with Crippen molar-refractivity contribution >= 4 is 80.2 Å². The lowest BCUT2D eigenvalue weighted by atomic mass is 9.70. The number of halogens is 24. The van der Waals surface area contributed by atoms with Gasteiger partial charge in [0.05, 0.1) is 84.5 Å². The number of rotatable bonds is 8. The number of fused-ring (bicyclic) bond motifs is 12. The number of imide groups is 4. The second-order valence-electron chi connectivity index (χ2n) is 28.5. The number of aromatic nitrogens is 2. The lowest BCUT2D eigenvalue weighted by molar-refractivity contribution is -0.376. The molecule has 2 bridgehead atoms. The summed E-state index contributed by atoms with van der Waals surface area (Å²) in [6.45, 7) is 3.34. The molecular weight excluding hydrogens is 1660 g/mol. The Morgan fingerprint density at radius 3 is 0.941 bits per heavy atom. The van der Waals surface area contributed by atoms with Crippen LogP contribution < -0.4 is 32.0 Å². The van der Waals surface area contributed by atoms with Crippen molar-refractivity contribution in [1.82, 2.24) is 18.9 Å². The third-order valence-electron chi connectivity index (χ3n) is 22.0. The maximum atomic E-state index is 14.9. The third kappa shape index (κ3) is 11.8. The zero-order valence-corrected chi connectivity index (χ0v) is 59.5. The molecule has 6 heterocycles. The molecule has 8 aromatic rings. The molecule has 3 N–H and O–H groups in total. The molecule has 6 atom stereocenters. The summed E-state index contributed by atoms with van der Waals surface area (Å²) in [4.78, 5) is 155. The minimum absolute atomic E-state index is 0.0452.